The topological polar surface area (TPSA) is 67.4 Å². The second kappa shape index (κ2) is 3.45. The monoisotopic (exact) mass is 234 g/mol. The Morgan fingerprint density at radius 1 is 1.53 bits per heavy atom. The van der Waals surface area contributed by atoms with E-state index in [2.05, 4.69) is 5.32 Å². The molecule has 1 aromatic carbocycles. The molecule has 1 atom stereocenters. The fourth-order valence-electron chi connectivity index (χ4n) is 2.35. The first kappa shape index (κ1) is 10.6. The summed E-state index contributed by atoms with van der Waals surface area (Å²) in [4.78, 5) is 11.4. The molecular formula is C12H14N2O3. The van der Waals surface area contributed by atoms with Gasteiger partial charge in [0.2, 0.25) is 0 Å². The zero-order valence-corrected chi connectivity index (χ0v) is 9.56. The lowest BCUT2D eigenvalue weighted by molar-refractivity contribution is 0.0588. The number of hydrogen-bond acceptors (Lipinski definition) is 4. The van der Waals surface area contributed by atoms with E-state index in [1.54, 1.807) is 13.1 Å². The maximum absolute atomic E-state index is 11.4. The Morgan fingerprint density at radius 2 is 2.35 bits per heavy atom. The Labute approximate surface area is 97.7 Å². The van der Waals surface area contributed by atoms with Crippen LogP contribution in [-0.2, 0) is 12.6 Å². The van der Waals surface area contributed by atoms with E-state index in [0.29, 0.717) is 18.5 Å². The van der Waals surface area contributed by atoms with Crippen molar-refractivity contribution in [3.8, 4) is 0 Å². The van der Waals surface area contributed by atoms with E-state index in [9.17, 15) is 9.90 Å². The van der Waals surface area contributed by atoms with Crippen LogP contribution in [0.2, 0.25) is 0 Å². The van der Waals surface area contributed by atoms with Crippen LogP contribution in [0.25, 0.3) is 11.1 Å². The smallest absolute Gasteiger partial charge is 0.408 e. The Kier molecular flexibility index (Phi) is 2.14. The molecule has 1 aliphatic rings. The van der Waals surface area contributed by atoms with Crippen molar-refractivity contribution >= 4 is 11.1 Å². The second-order valence-electron chi connectivity index (χ2n) is 4.57. The third kappa shape index (κ3) is 1.50. The number of nitrogens with one attached hydrogen (secondary N) is 1. The fraction of sp³-hybridized carbons (Fsp3) is 0.417. The minimum atomic E-state index is -0.845. The highest BCUT2D eigenvalue weighted by Crippen LogP contribution is 2.29. The van der Waals surface area contributed by atoms with Crippen molar-refractivity contribution in [1.29, 1.82) is 0 Å². The first-order valence-electron chi connectivity index (χ1n) is 5.63. The molecule has 1 unspecified atom stereocenters. The van der Waals surface area contributed by atoms with Gasteiger partial charge < -0.3 is 14.8 Å². The van der Waals surface area contributed by atoms with Crippen molar-refractivity contribution in [3.05, 3.63) is 34.3 Å². The first-order valence-corrected chi connectivity index (χ1v) is 5.63. The summed E-state index contributed by atoms with van der Waals surface area (Å²) in [5.74, 6) is -0.381. The molecule has 0 bridgehead atoms. The van der Waals surface area contributed by atoms with Crippen LogP contribution in [0, 0.1) is 0 Å². The molecule has 17 heavy (non-hydrogen) atoms. The van der Waals surface area contributed by atoms with Gasteiger partial charge in [0.25, 0.3) is 0 Å². The lowest BCUT2D eigenvalue weighted by atomic mass is 9.93. The van der Waals surface area contributed by atoms with Crippen molar-refractivity contribution in [2.75, 3.05) is 13.1 Å². The van der Waals surface area contributed by atoms with Crippen LogP contribution in [-0.4, -0.2) is 22.8 Å². The highest BCUT2D eigenvalue weighted by atomic mass is 16.4. The summed E-state index contributed by atoms with van der Waals surface area (Å²) in [5, 5.41) is 13.5. The summed E-state index contributed by atoms with van der Waals surface area (Å²) >= 11 is 0. The quantitative estimate of drug-likeness (QED) is 0.745. The summed E-state index contributed by atoms with van der Waals surface area (Å²) < 4.78 is 6.57. The Balaban J connectivity index is 2.17. The molecule has 1 aliphatic heterocycles. The van der Waals surface area contributed by atoms with Crippen molar-refractivity contribution in [1.82, 2.24) is 9.88 Å². The Hall–Kier alpha value is -1.59. The molecule has 0 amide bonds. The van der Waals surface area contributed by atoms with Crippen molar-refractivity contribution in [2.45, 2.75) is 12.0 Å². The molecule has 3 rings (SSSR count). The molecule has 5 nitrogen and oxygen atoms in total. The standard InChI is InChI=1S/C12H14N2O3/c1-14-9-3-2-8(6-10(9)17-11(14)15)12(16)4-5-13-7-12/h2-3,6,13,16H,4-5,7H2,1H3. The van der Waals surface area contributed by atoms with Crippen LogP contribution in [0.3, 0.4) is 0 Å². The fourth-order valence-corrected chi connectivity index (χ4v) is 2.35. The highest BCUT2D eigenvalue weighted by Gasteiger charge is 2.33. The normalized spacial score (nSPS) is 24.6. The van der Waals surface area contributed by atoms with Crippen LogP contribution < -0.4 is 11.1 Å². The molecule has 0 spiro atoms. The molecular weight excluding hydrogens is 220 g/mol. The number of fused-ring (bicyclic) bond motifs is 1. The number of rotatable bonds is 1. The average Bonchev–Trinajstić information content (AvgIpc) is 2.86. The molecule has 2 aromatic rings. The van der Waals surface area contributed by atoms with Crippen LogP contribution in [0.1, 0.15) is 12.0 Å². The summed E-state index contributed by atoms with van der Waals surface area (Å²) in [6.45, 7) is 1.34. The number of β-amino-alcohol motifs (C(OH)–C–C–N with tert-alkyl or cyclic N) is 1. The summed E-state index contributed by atoms with van der Waals surface area (Å²) in [6.07, 6.45) is 0.676. The molecule has 2 N–H and O–H groups in total. The van der Waals surface area contributed by atoms with Gasteiger partial charge in [-0.25, -0.2) is 4.79 Å². The maximum atomic E-state index is 11.4. The van der Waals surface area contributed by atoms with Gasteiger partial charge in [-0.3, -0.25) is 4.57 Å². The Bertz CT molecular complexity index is 620. The zero-order chi connectivity index (χ0) is 12.0. The molecule has 90 valence electrons. The van der Waals surface area contributed by atoms with Crippen LogP contribution in [0.5, 0.6) is 0 Å². The minimum Gasteiger partial charge on any atom is -0.408 e. The number of oxazole rings is 1. The SMILES string of the molecule is Cn1c(=O)oc2cc(C3(O)CCNC3)ccc21. The number of hydrogen-bond donors (Lipinski definition) is 2. The third-order valence-electron chi connectivity index (χ3n) is 3.46. The summed E-state index contributed by atoms with van der Waals surface area (Å²) in [6, 6.07) is 5.42. The molecule has 0 saturated carbocycles. The molecule has 0 aliphatic carbocycles. The zero-order valence-electron chi connectivity index (χ0n) is 9.56. The molecule has 1 fully saturated rings. The van der Waals surface area contributed by atoms with Gasteiger partial charge in [0, 0.05) is 13.6 Å². The van der Waals surface area contributed by atoms with Crippen LogP contribution in [0.15, 0.2) is 27.4 Å². The van der Waals surface area contributed by atoms with Gasteiger partial charge in [-0.1, -0.05) is 6.07 Å². The first-order chi connectivity index (χ1) is 8.10. The van der Waals surface area contributed by atoms with E-state index < -0.39 is 5.60 Å². The molecule has 5 heteroatoms. The van der Waals surface area contributed by atoms with E-state index in [1.807, 2.05) is 12.1 Å². The van der Waals surface area contributed by atoms with Gasteiger partial charge in [0.15, 0.2) is 5.58 Å². The van der Waals surface area contributed by atoms with Gasteiger partial charge in [-0.2, -0.15) is 0 Å². The second-order valence-corrected chi connectivity index (χ2v) is 4.57. The van der Waals surface area contributed by atoms with E-state index in [1.165, 1.54) is 4.57 Å². The Morgan fingerprint density at radius 3 is 3.06 bits per heavy atom. The molecule has 1 saturated heterocycles. The van der Waals surface area contributed by atoms with Crippen LogP contribution >= 0.6 is 0 Å². The van der Waals surface area contributed by atoms with E-state index in [-0.39, 0.29) is 5.76 Å². The predicted molar refractivity (Wildman–Crippen MR) is 62.8 cm³/mol. The molecule has 1 aromatic heterocycles. The number of benzene rings is 1. The highest BCUT2D eigenvalue weighted by molar-refractivity contribution is 5.74. The van der Waals surface area contributed by atoms with E-state index in [0.717, 1.165) is 17.6 Å². The summed E-state index contributed by atoms with van der Waals surface area (Å²) in [5.41, 5.74) is 1.22. The third-order valence-corrected chi connectivity index (χ3v) is 3.46. The van der Waals surface area contributed by atoms with Crippen molar-refractivity contribution in [2.24, 2.45) is 7.05 Å². The maximum Gasteiger partial charge on any atom is 0.419 e. The van der Waals surface area contributed by atoms with Crippen LogP contribution in [0.4, 0.5) is 0 Å². The van der Waals surface area contributed by atoms with Crippen molar-refractivity contribution < 1.29 is 9.52 Å². The van der Waals surface area contributed by atoms with Gasteiger partial charge >= 0.3 is 5.76 Å². The lowest BCUT2D eigenvalue weighted by Crippen LogP contribution is -2.28. The molecule has 0 radical (unpaired) electrons. The predicted octanol–water partition coefficient (Wildman–Crippen LogP) is 0.312. The number of nitrogens with zero attached hydrogens (tertiary/aromatic N) is 1. The van der Waals surface area contributed by atoms with E-state index >= 15 is 0 Å². The molecule has 2 heterocycles. The number of aromatic nitrogens is 1. The van der Waals surface area contributed by atoms with Gasteiger partial charge in [0.1, 0.15) is 5.60 Å². The number of aliphatic hydroxyl groups is 1. The van der Waals surface area contributed by atoms with Gasteiger partial charge in [-0.15, -0.1) is 0 Å². The minimum absolute atomic E-state index is 0.381. The van der Waals surface area contributed by atoms with Gasteiger partial charge in [-0.05, 0) is 30.7 Å². The number of aryl methyl sites for hydroxylation is 1. The average molecular weight is 234 g/mol. The largest absolute Gasteiger partial charge is 0.419 e. The van der Waals surface area contributed by atoms with E-state index in [4.69, 9.17) is 4.42 Å². The van der Waals surface area contributed by atoms with Gasteiger partial charge in [0.05, 0.1) is 5.52 Å². The van der Waals surface area contributed by atoms with Crippen molar-refractivity contribution in [3.63, 3.8) is 0 Å². The lowest BCUT2D eigenvalue weighted by Gasteiger charge is -2.21. The summed E-state index contributed by atoms with van der Waals surface area (Å²) in [7, 11) is 1.67.